The molecule has 1 N–H and O–H groups in total. The van der Waals surface area contributed by atoms with E-state index >= 15 is 0 Å². The van der Waals surface area contributed by atoms with Gasteiger partial charge in [0.15, 0.2) is 0 Å². The molecule has 4 heteroatoms. The van der Waals surface area contributed by atoms with E-state index in [9.17, 15) is 0 Å². The van der Waals surface area contributed by atoms with Crippen LogP contribution in [0.3, 0.4) is 0 Å². The van der Waals surface area contributed by atoms with Crippen LogP contribution in [0.1, 0.15) is 23.4 Å². The minimum Gasteiger partial charge on any atom is -0.317 e. The quantitative estimate of drug-likeness (QED) is 0.933. The molecule has 3 rings (SSSR count). The van der Waals surface area contributed by atoms with Gasteiger partial charge < -0.3 is 5.32 Å². The number of benzene rings is 1. The van der Waals surface area contributed by atoms with Gasteiger partial charge in [-0.3, -0.25) is 4.90 Å². The van der Waals surface area contributed by atoms with Crippen molar-refractivity contribution < 1.29 is 0 Å². The van der Waals surface area contributed by atoms with Gasteiger partial charge in [0.25, 0.3) is 0 Å². The second-order valence-corrected chi connectivity index (χ2v) is 6.61. The van der Waals surface area contributed by atoms with Crippen LogP contribution in [0.15, 0.2) is 18.2 Å². The van der Waals surface area contributed by atoms with Gasteiger partial charge in [0, 0.05) is 12.6 Å². The maximum Gasteiger partial charge on any atom is 0.0907 e. The zero-order chi connectivity index (χ0) is 13.2. The van der Waals surface area contributed by atoms with Gasteiger partial charge in [-0.1, -0.05) is 6.07 Å². The lowest BCUT2D eigenvalue weighted by molar-refractivity contribution is 0.194. The molecule has 1 aliphatic heterocycles. The molecule has 0 bridgehead atoms. The molecule has 0 radical (unpaired) electrons. The van der Waals surface area contributed by atoms with Gasteiger partial charge in [-0.25, -0.2) is 4.98 Å². The second-order valence-electron chi connectivity index (χ2n) is 5.37. The highest BCUT2D eigenvalue weighted by molar-refractivity contribution is 7.18. The zero-order valence-corrected chi connectivity index (χ0v) is 12.5. The molecule has 19 heavy (non-hydrogen) atoms. The van der Waals surface area contributed by atoms with Crippen molar-refractivity contribution in [3.63, 3.8) is 0 Å². The summed E-state index contributed by atoms with van der Waals surface area (Å²) in [5, 5.41) is 4.54. The standard InChI is InChI=1S/C15H21N3S/c1-11-17-14-4-3-12(9-15(14)19-11)10-18-7-5-13(16-2)6-8-18/h3-4,9,13,16H,5-8,10H2,1-2H3. The monoisotopic (exact) mass is 275 g/mol. The number of rotatable bonds is 3. The van der Waals surface area contributed by atoms with Crippen molar-refractivity contribution in [1.29, 1.82) is 0 Å². The maximum absolute atomic E-state index is 4.52. The topological polar surface area (TPSA) is 28.2 Å². The maximum atomic E-state index is 4.52. The normalized spacial score (nSPS) is 18.2. The first kappa shape index (κ1) is 13.0. The largest absolute Gasteiger partial charge is 0.317 e. The predicted molar refractivity (Wildman–Crippen MR) is 81.7 cm³/mol. The fourth-order valence-electron chi connectivity index (χ4n) is 2.82. The lowest BCUT2D eigenvalue weighted by Crippen LogP contribution is -2.40. The Kier molecular flexibility index (Phi) is 3.82. The van der Waals surface area contributed by atoms with Gasteiger partial charge in [-0.15, -0.1) is 11.3 Å². The van der Waals surface area contributed by atoms with Crippen molar-refractivity contribution in [2.24, 2.45) is 0 Å². The first-order valence-electron chi connectivity index (χ1n) is 7.00. The van der Waals surface area contributed by atoms with E-state index in [-0.39, 0.29) is 0 Å². The molecule has 0 saturated carbocycles. The highest BCUT2D eigenvalue weighted by atomic mass is 32.1. The molecule has 1 aromatic carbocycles. The van der Waals surface area contributed by atoms with E-state index in [4.69, 9.17) is 0 Å². The summed E-state index contributed by atoms with van der Waals surface area (Å²) >= 11 is 1.79. The lowest BCUT2D eigenvalue weighted by atomic mass is 10.0. The Bertz CT molecular complexity index is 556. The number of aromatic nitrogens is 1. The summed E-state index contributed by atoms with van der Waals surface area (Å²) in [6, 6.07) is 7.41. The first-order valence-corrected chi connectivity index (χ1v) is 7.82. The molecule has 1 aromatic heterocycles. The number of piperidine rings is 1. The van der Waals surface area contributed by atoms with Gasteiger partial charge in [-0.05, 0) is 57.6 Å². The number of likely N-dealkylation sites (tertiary alicyclic amines) is 1. The van der Waals surface area contributed by atoms with Crippen LogP contribution >= 0.6 is 11.3 Å². The summed E-state index contributed by atoms with van der Waals surface area (Å²) in [5.41, 5.74) is 2.55. The molecule has 102 valence electrons. The number of thiazole rings is 1. The zero-order valence-electron chi connectivity index (χ0n) is 11.6. The van der Waals surface area contributed by atoms with Gasteiger partial charge in [0.05, 0.1) is 15.2 Å². The van der Waals surface area contributed by atoms with Crippen molar-refractivity contribution >= 4 is 21.6 Å². The number of nitrogens with one attached hydrogen (secondary N) is 1. The Morgan fingerprint density at radius 2 is 2.16 bits per heavy atom. The second kappa shape index (κ2) is 5.57. The van der Waals surface area contributed by atoms with E-state index in [1.165, 1.54) is 36.2 Å². The SMILES string of the molecule is CNC1CCN(Cc2ccc3nc(C)sc3c2)CC1. The van der Waals surface area contributed by atoms with E-state index in [0.717, 1.165) is 17.1 Å². The van der Waals surface area contributed by atoms with Gasteiger partial charge in [0.1, 0.15) is 0 Å². The molecule has 2 aromatic rings. The van der Waals surface area contributed by atoms with Crippen molar-refractivity contribution in [2.75, 3.05) is 20.1 Å². The van der Waals surface area contributed by atoms with Crippen LogP contribution < -0.4 is 5.32 Å². The van der Waals surface area contributed by atoms with Crippen LogP contribution in [0.25, 0.3) is 10.2 Å². The molecule has 1 saturated heterocycles. The molecular weight excluding hydrogens is 254 g/mol. The van der Waals surface area contributed by atoms with Crippen LogP contribution in [0.5, 0.6) is 0 Å². The van der Waals surface area contributed by atoms with E-state index in [1.807, 2.05) is 0 Å². The fourth-order valence-corrected chi connectivity index (χ4v) is 3.71. The molecule has 0 amide bonds. The third-order valence-electron chi connectivity index (χ3n) is 3.96. The third kappa shape index (κ3) is 2.96. The predicted octanol–water partition coefficient (Wildman–Crippen LogP) is 2.79. The molecule has 0 spiro atoms. The van der Waals surface area contributed by atoms with Crippen LogP contribution in [0, 0.1) is 6.92 Å². The number of nitrogens with zero attached hydrogens (tertiary/aromatic N) is 2. The van der Waals surface area contributed by atoms with E-state index in [0.29, 0.717) is 6.04 Å². The number of hydrogen-bond acceptors (Lipinski definition) is 4. The Balaban J connectivity index is 1.68. The number of hydrogen-bond donors (Lipinski definition) is 1. The Labute approximate surface area is 118 Å². The third-order valence-corrected chi connectivity index (χ3v) is 4.90. The summed E-state index contributed by atoms with van der Waals surface area (Å²) in [6.07, 6.45) is 2.52. The summed E-state index contributed by atoms with van der Waals surface area (Å²) in [6.45, 7) is 5.55. The summed E-state index contributed by atoms with van der Waals surface area (Å²) < 4.78 is 1.32. The van der Waals surface area contributed by atoms with Crippen molar-refractivity contribution in [1.82, 2.24) is 15.2 Å². The minimum atomic E-state index is 0.711. The highest BCUT2D eigenvalue weighted by Crippen LogP contribution is 2.23. The van der Waals surface area contributed by atoms with Crippen LogP contribution in [0.4, 0.5) is 0 Å². The molecule has 0 unspecified atom stereocenters. The summed E-state index contributed by atoms with van der Waals surface area (Å²) in [4.78, 5) is 7.08. The highest BCUT2D eigenvalue weighted by Gasteiger charge is 2.17. The fraction of sp³-hybridized carbons (Fsp3) is 0.533. The average molecular weight is 275 g/mol. The van der Waals surface area contributed by atoms with Gasteiger partial charge >= 0.3 is 0 Å². The Morgan fingerprint density at radius 1 is 1.37 bits per heavy atom. The van der Waals surface area contributed by atoms with E-state index in [1.54, 1.807) is 11.3 Å². The van der Waals surface area contributed by atoms with E-state index in [2.05, 4.69) is 47.4 Å². The Hall–Kier alpha value is -0.970. The molecule has 1 fully saturated rings. The van der Waals surface area contributed by atoms with Gasteiger partial charge in [0.2, 0.25) is 0 Å². The van der Waals surface area contributed by atoms with Crippen molar-refractivity contribution in [3.8, 4) is 0 Å². The van der Waals surface area contributed by atoms with E-state index < -0.39 is 0 Å². The number of aryl methyl sites for hydroxylation is 1. The molecule has 3 nitrogen and oxygen atoms in total. The van der Waals surface area contributed by atoms with Crippen LogP contribution in [-0.4, -0.2) is 36.1 Å². The molecule has 1 aliphatic rings. The van der Waals surface area contributed by atoms with Crippen LogP contribution in [0.2, 0.25) is 0 Å². The Morgan fingerprint density at radius 3 is 2.89 bits per heavy atom. The van der Waals surface area contributed by atoms with Crippen LogP contribution in [-0.2, 0) is 6.54 Å². The van der Waals surface area contributed by atoms with Gasteiger partial charge in [-0.2, -0.15) is 0 Å². The molecule has 0 aliphatic carbocycles. The first-order chi connectivity index (χ1) is 9.24. The average Bonchev–Trinajstić information content (AvgIpc) is 2.79. The molecule has 0 atom stereocenters. The lowest BCUT2D eigenvalue weighted by Gasteiger charge is -2.31. The smallest absolute Gasteiger partial charge is 0.0907 e. The van der Waals surface area contributed by atoms with Crippen molar-refractivity contribution in [3.05, 3.63) is 28.8 Å². The summed E-state index contributed by atoms with van der Waals surface area (Å²) in [5.74, 6) is 0. The molecule has 2 heterocycles. The minimum absolute atomic E-state index is 0.711. The molecular formula is C15H21N3S. The number of fused-ring (bicyclic) bond motifs is 1. The summed E-state index contributed by atoms with van der Waals surface area (Å²) in [7, 11) is 2.07. The van der Waals surface area contributed by atoms with Crippen molar-refractivity contribution in [2.45, 2.75) is 32.4 Å².